The molecule has 4 heterocycles. The van der Waals surface area contributed by atoms with E-state index in [1.807, 2.05) is 36.1 Å². The number of amides is 1. The molecule has 6 rings (SSSR count). The van der Waals surface area contributed by atoms with Gasteiger partial charge >= 0.3 is 0 Å². The monoisotopic (exact) mass is 546 g/mol. The summed E-state index contributed by atoms with van der Waals surface area (Å²) in [7, 11) is -1.32. The molecule has 3 aliphatic heterocycles. The molecule has 10 nitrogen and oxygen atoms in total. The number of hydrazone groups is 1. The number of aryl methyl sites for hydroxylation is 1. The first-order chi connectivity index (χ1) is 18.1. The van der Waals surface area contributed by atoms with Gasteiger partial charge in [0.05, 0.1) is 47.4 Å². The highest BCUT2D eigenvalue weighted by molar-refractivity contribution is 7.85. The average molecular weight is 547 g/mol. The zero-order valence-electron chi connectivity index (χ0n) is 20.7. The Labute approximate surface area is 220 Å². The number of fused-ring (bicyclic) bond motifs is 1. The predicted octanol–water partition coefficient (Wildman–Crippen LogP) is 1.84. The van der Waals surface area contributed by atoms with Gasteiger partial charge in [-0.1, -0.05) is 6.92 Å². The Hall–Kier alpha value is -3.19. The fourth-order valence-corrected chi connectivity index (χ4v) is 6.72. The van der Waals surface area contributed by atoms with Gasteiger partial charge in [0, 0.05) is 37.4 Å². The molecule has 2 aromatic rings. The Morgan fingerprint density at radius 2 is 1.97 bits per heavy atom. The number of hydrogen-bond acceptors (Lipinski definition) is 9. The van der Waals surface area contributed by atoms with Gasteiger partial charge in [-0.15, -0.1) is 0 Å². The minimum atomic E-state index is -2.84. The summed E-state index contributed by atoms with van der Waals surface area (Å²) in [5, 5.41) is 17.0. The van der Waals surface area contributed by atoms with E-state index in [-0.39, 0.29) is 23.7 Å². The molecule has 2 fully saturated rings. The van der Waals surface area contributed by atoms with Gasteiger partial charge in [0.1, 0.15) is 22.6 Å². The number of nitrogens with zero attached hydrogens (tertiary/aromatic N) is 4. The van der Waals surface area contributed by atoms with Crippen LogP contribution in [0.15, 0.2) is 34.3 Å². The van der Waals surface area contributed by atoms with Crippen LogP contribution in [-0.4, -0.2) is 73.9 Å². The Balaban J connectivity index is 1.12. The topological polar surface area (TPSA) is 129 Å². The first-order valence-electron chi connectivity index (χ1n) is 12.6. The quantitative estimate of drug-likeness (QED) is 0.480. The van der Waals surface area contributed by atoms with E-state index in [9.17, 15) is 22.9 Å². The van der Waals surface area contributed by atoms with E-state index in [2.05, 4.69) is 25.8 Å². The third-order valence-electron chi connectivity index (χ3n) is 7.40. The molecule has 3 N–H and O–H groups in total. The summed E-state index contributed by atoms with van der Waals surface area (Å²) in [5.41, 5.74) is 3.74. The summed E-state index contributed by atoms with van der Waals surface area (Å²) in [6.45, 7) is 2.56. The van der Waals surface area contributed by atoms with Crippen LogP contribution in [0, 0.1) is 5.92 Å². The normalized spacial score (nSPS) is 25.5. The number of carbonyl (C=O) groups is 1. The number of ether oxygens (including phenoxy) is 1. The van der Waals surface area contributed by atoms with Crippen LogP contribution in [0.4, 0.5) is 20.5 Å². The third-order valence-corrected chi connectivity index (χ3v) is 8.86. The molecule has 1 amide bonds. The van der Waals surface area contributed by atoms with Crippen molar-refractivity contribution in [3.63, 3.8) is 0 Å². The van der Waals surface area contributed by atoms with Gasteiger partial charge < -0.3 is 20.1 Å². The maximum absolute atomic E-state index is 13.6. The zero-order chi connectivity index (χ0) is 26.7. The van der Waals surface area contributed by atoms with E-state index in [1.165, 1.54) is 0 Å². The summed E-state index contributed by atoms with van der Waals surface area (Å²) in [4.78, 5) is 23.0. The average Bonchev–Trinajstić information content (AvgIpc) is 3.21. The lowest BCUT2D eigenvalue weighted by molar-refractivity contribution is -0.126. The van der Waals surface area contributed by atoms with Crippen LogP contribution < -0.4 is 20.4 Å². The Morgan fingerprint density at radius 3 is 2.63 bits per heavy atom. The second-order valence-corrected chi connectivity index (χ2v) is 12.0. The highest BCUT2D eigenvalue weighted by Crippen LogP contribution is 2.48. The number of alkyl halides is 2. The number of carbonyl (C=O) groups excluding carboxylic acids is 1. The van der Waals surface area contributed by atoms with Crippen molar-refractivity contribution in [2.24, 2.45) is 11.0 Å². The number of benzene rings is 1. The number of aliphatic hydroxyl groups excluding tert-OH is 1. The fourth-order valence-electron chi connectivity index (χ4n) is 5.41. The number of halogens is 2. The van der Waals surface area contributed by atoms with Gasteiger partial charge in [-0.05, 0) is 29.8 Å². The molecular weight excluding hydrogens is 518 g/mol. The third kappa shape index (κ3) is 4.62. The Morgan fingerprint density at radius 1 is 1.24 bits per heavy atom. The van der Waals surface area contributed by atoms with E-state index in [0.717, 1.165) is 11.3 Å². The lowest BCUT2D eigenvalue weighted by Gasteiger charge is -2.47. The van der Waals surface area contributed by atoms with Gasteiger partial charge in [-0.2, -0.15) is 10.1 Å². The Kier molecular flexibility index (Phi) is 6.10. The maximum atomic E-state index is 13.6. The van der Waals surface area contributed by atoms with Gasteiger partial charge in [0.15, 0.2) is 0 Å². The van der Waals surface area contributed by atoms with Crippen LogP contribution in [0.5, 0.6) is 5.75 Å². The van der Waals surface area contributed by atoms with Crippen molar-refractivity contribution in [2.75, 3.05) is 35.7 Å². The Bertz CT molecular complexity index is 1320. The van der Waals surface area contributed by atoms with Crippen LogP contribution in [0.25, 0.3) is 0 Å². The number of anilines is 2. The molecule has 0 radical (unpaired) electrons. The van der Waals surface area contributed by atoms with E-state index < -0.39 is 41.7 Å². The summed E-state index contributed by atoms with van der Waals surface area (Å²) in [5.74, 6) is -1.09. The number of nitrogens with one attached hydrogen (secondary N) is 2. The SMILES string of the molecule is CC1CC(=O)NN=C1c1ccc(OC2CN(c3nc4c(c(NC5(CO)CC(F)(F)C5)n3)[S@](=O)CC4)C2)cc1. The molecule has 38 heavy (non-hydrogen) atoms. The molecule has 1 aromatic carbocycles. The summed E-state index contributed by atoms with van der Waals surface area (Å²) >= 11 is 0. The zero-order valence-corrected chi connectivity index (χ0v) is 21.6. The van der Waals surface area contributed by atoms with E-state index in [4.69, 9.17) is 4.74 Å². The van der Waals surface area contributed by atoms with Crippen molar-refractivity contribution in [2.45, 2.75) is 55.1 Å². The minimum Gasteiger partial charge on any atom is -0.487 e. The van der Waals surface area contributed by atoms with Crippen LogP contribution in [0.1, 0.15) is 37.4 Å². The van der Waals surface area contributed by atoms with Crippen molar-refractivity contribution in [1.82, 2.24) is 15.4 Å². The number of hydrogen-bond donors (Lipinski definition) is 3. The molecule has 202 valence electrons. The van der Waals surface area contributed by atoms with Crippen molar-refractivity contribution < 1.29 is 27.6 Å². The number of aliphatic hydroxyl groups is 1. The second kappa shape index (κ2) is 9.23. The molecule has 1 aromatic heterocycles. The van der Waals surface area contributed by atoms with Crippen LogP contribution in [-0.2, 0) is 22.0 Å². The molecular formula is C25H28F2N6O4S. The first kappa shape index (κ1) is 25.1. The van der Waals surface area contributed by atoms with E-state index in [0.29, 0.717) is 54.0 Å². The molecule has 0 bridgehead atoms. The molecule has 0 spiro atoms. The van der Waals surface area contributed by atoms with Crippen LogP contribution in [0.3, 0.4) is 0 Å². The molecule has 1 saturated heterocycles. The van der Waals surface area contributed by atoms with E-state index in [1.54, 1.807) is 0 Å². The lowest BCUT2D eigenvalue weighted by Crippen LogP contribution is -2.59. The predicted molar refractivity (Wildman–Crippen MR) is 136 cm³/mol. The smallest absolute Gasteiger partial charge is 0.252 e. The maximum Gasteiger partial charge on any atom is 0.252 e. The molecule has 4 aliphatic rings. The number of rotatable bonds is 7. The van der Waals surface area contributed by atoms with Gasteiger partial charge in [0.25, 0.3) is 5.92 Å². The molecule has 1 saturated carbocycles. The van der Waals surface area contributed by atoms with Crippen molar-refractivity contribution in [1.29, 1.82) is 0 Å². The highest BCUT2D eigenvalue weighted by Gasteiger charge is 2.57. The molecule has 1 aliphatic carbocycles. The molecule has 2 atom stereocenters. The van der Waals surface area contributed by atoms with Crippen LogP contribution in [0.2, 0.25) is 0 Å². The summed E-state index contributed by atoms with van der Waals surface area (Å²) in [6, 6.07) is 7.58. The largest absolute Gasteiger partial charge is 0.487 e. The van der Waals surface area contributed by atoms with E-state index >= 15 is 0 Å². The first-order valence-corrected chi connectivity index (χ1v) is 13.9. The van der Waals surface area contributed by atoms with Crippen LogP contribution >= 0.6 is 0 Å². The fraction of sp³-hybridized carbons (Fsp3) is 0.520. The summed E-state index contributed by atoms with van der Waals surface area (Å²) in [6.07, 6.45) is -0.183. The van der Waals surface area contributed by atoms with Gasteiger partial charge in [-0.3, -0.25) is 9.00 Å². The minimum absolute atomic E-state index is 0.0351. The van der Waals surface area contributed by atoms with Crippen molar-refractivity contribution >= 4 is 34.2 Å². The van der Waals surface area contributed by atoms with Gasteiger partial charge in [-0.25, -0.2) is 19.2 Å². The summed E-state index contributed by atoms with van der Waals surface area (Å²) < 4.78 is 45.9. The standard InChI is InChI=1S/C25H28F2N6O4S/c1-14-8-19(35)31-32-20(14)15-2-4-16(5-3-15)37-17-9-33(10-17)23-28-18-6-7-38(36)21(18)22(29-23)30-24(13-34)11-25(26,27)12-24/h2-5,14,17,34H,6-13H2,1H3,(H,31,35)(H,28,29,30)/t14?,38-/m1/s1. The van der Waals surface area contributed by atoms with Crippen molar-refractivity contribution in [3.05, 3.63) is 35.5 Å². The highest BCUT2D eigenvalue weighted by atomic mass is 32.2. The molecule has 1 unspecified atom stereocenters. The second-order valence-electron chi connectivity index (χ2n) is 10.5. The number of aromatic nitrogens is 2. The molecule has 13 heteroatoms. The lowest BCUT2D eigenvalue weighted by atomic mass is 9.74. The van der Waals surface area contributed by atoms with Gasteiger partial charge in [0.2, 0.25) is 11.9 Å². The van der Waals surface area contributed by atoms with Crippen molar-refractivity contribution in [3.8, 4) is 5.75 Å².